The minimum absolute atomic E-state index is 0.0556. The maximum absolute atomic E-state index is 12.0. The Balaban J connectivity index is 1.35. The molecule has 70 heavy (non-hydrogen) atoms. The van der Waals surface area contributed by atoms with Crippen LogP contribution in [0.2, 0.25) is 0 Å². The van der Waals surface area contributed by atoms with Gasteiger partial charge in [-0.3, -0.25) is 0 Å². The molecule has 14 bridgehead atoms. The average molecular weight is 1080 g/mol. The number of fused-ring (bicyclic) bond motifs is 14. The van der Waals surface area contributed by atoms with E-state index in [1.165, 1.54) is 0 Å². The van der Waals surface area contributed by atoms with E-state index in [4.69, 9.17) is 81.2 Å². The SMILES string of the molecule is Oc1c2cc(CCl)cc1Cc1cc(CCl)cc(c1O)Cc1cc(CCl)cc(c1O)Cc1cc(CCl)cc(c1O)Cc1cc(CCl)cc(c1O)Cc1cc(CCl)cc(c1O)Cc1cc(CCl)cc(c1O)C2. The predicted octanol–water partition coefficient (Wildman–Crippen LogP) is 14.2. The molecule has 7 aromatic carbocycles. The molecule has 0 saturated heterocycles. The monoisotopic (exact) mass is 1080 g/mol. The van der Waals surface area contributed by atoms with E-state index in [0.29, 0.717) is 117 Å². The highest BCUT2D eigenvalue weighted by molar-refractivity contribution is 6.18. The molecule has 1 aliphatic carbocycles. The van der Waals surface area contributed by atoms with E-state index in [1.807, 2.05) is 0 Å². The lowest BCUT2D eigenvalue weighted by Gasteiger charge is -2.19. The Morgan fingerprint density at radius 1 is 0.200 bits per heavy atom. The van der Waals surface area contributed by atoms with Crippen LogP contribution >= 0.6 is 81.2 Å². The Morgan fingerprint density at radius 2 is 0.286 bits per heavy atom. The fraction of sp³-hybridized carbons (Fsp3) is 0.250. The summed E-state index contributed by atoms with van der Waals surface area (Å²) in [5, 5.41) is 83.9. The zero-order valence-corrected chi connectivity index (χ0v) is 43.1. The molecule has 0 aliphatic heterocycles. The molecule has 0 saturated carbocycles. The van der Waals surface area contributed by atoms with Crippen LogP contribution in [0.1, 0.15) is 117 Å². The van der Waals surface area contributed by atoms with Gasteiger partial charge < -0.3 is 35.7 Å². The number of phenols is 7. The fourth-order valence-electron chi connectivity index (χ4n) is 9.69. The highest BCUT2D eigenvalue weighted by Gasteiger charge is 2.24. The minimum Gasteiger partial charge on any atom is -0.507 e. The topological polar surface area (TPSA) is 142 Å². The van der Waals surface area contributed by atoms with Gasteiger partial charge in [-0.15, -0.1) is 81.2 Å². The molecule has 364 valence electrons. The van der Waals surface area contributed by atoms with Crippen molar-refractivity contribution >= 4 is 81.2 Å². The van der Waals surface area contributed by atoms with Gasteiger partial charge in [0.05, 0.1) is 0 Å². The number of aromatic hydroxyl groups is 7. The zero-order valence-electron chi connectivity index (χ0n) is 37.8. The van der Waals surface area contributed by atoms with Crippen molar-refractivity contribution in [3.8, 4) is 40.2 Å². The number of hydrogen-bond acceptors (Lipinski definition) is 7. The van der Waals surface area contributed by atoms with E-state index in [0.717, 1.165) is 0 Å². The summed E-state index contributed by atoms with van der Waals surface area (Å²) >= 11 is 45.2. The molecule has 0 unspecified atom stereocenters. The molecule has 0 radical (unpaired) electrons. The largest absolute Gasteiger partial charge is 0.507 e. The van der Waals surface area contributed by atoms with Crippen molar-refractivity contribution < 1.29 is 35.7 Å². The number of hydrogen-bond donors (Lipinski definition) is 7. The maximum atomic E-state index is 12.0. The van der Waals surface area contributed by atoms with Gasteiger partial charge in [-0.05, 0) is 117 Å². The Morgan fingerprint density at radius 3 is 0.357 bits per heavy atom. The van der Waals surface area contributed by atoms with Crippen LogP contribution in [-0.2, 0) is 86.1 Å². The number of alkyl halides is 7. The van der Waals surface area contributed by atoms with Crippen molar-refractivity contribution in [3.05, 3.63) is 202 Å². The van der Waals surface area contributed by atoms with Gasteiger partial charge in [0.2, 0.25) is 0 Å². The third-order valence-electron chi connectivity index (χ3n) is 13.0. The first-order valence-corrected chi connectivity index (χ1v) is 26.2. The summed E-state index contributed by atoms with van der Waals surface area (Å²) in [7, 11) is 0. The summed E-state index contributed by atoms with van der Waals surface area (Å²) in [6.45, 7) is 0. The van der Waals surface area contributed by atoms with Gasteiger partial charge in [0, 0.05) is 86.1 Å². The van der Waals surface area contributed by atoms with E-state index < -0.39 is 0 Å². The van der Waals surface area contributed by atoms with Crippen molar-refractivity contribution in [3.63, 3.8) is 0 Å². The van der Waals surface area contributed by atoms with E-state index >= 15 is 0 Å². The van der Waals surface area contributed by atoms with Crippen molar-refractivity contribution in [1.82, 2.24) is 0 Å². The lowest BCUT2D eigenvalue weighted by Crippen LogP contribution is -2.03. The molecule has 1 aliphatic rings. The summed E-state index contributed by atoms with van der Waals surface area (Å²) in [5.41, 5.74) is 11.5. The minimum atomic E-state index is -0.0556. The molecule has 8 rings (SSSR count). The second-order valence-corrected chi connectivity index (χ2v) is 19.9. The molecule has 0 fully saturated rings. The van der Waals surface area contributed by atoms with Crippen LogP contribution in [0.4, 0.5) is 0 Å². The Hall–Kier alpha value is -4.83. The number of rotatable bonds is 7. The third-order valence-corrected chi connectivity index (χ3v) is 15.2. The summed E-state index contributed by atoms with van der Waals surface area (Å²) in [5.74, 6) is 0.387. The molecule has 14 heteroatoms. The standard InChI is InChI=1S/C56H49Cl7O7/c57-22-29-1-36-15-38-3-30(23-58)4-40(51(38)65)17-41-7-32(25-60)8-44(53(41)67)19-45-11-34(27-62)12-48(55(45)69)21-49-14-35(28-63)13-47(56(49)70)20-46-10-33(26-61)9-43(54(46)68)18-42-6-31(24-59)5-39(52(42)66)16-37(2-29)50(36)64/h1-14,64-70H,15-28H2. The van der Waals surface area contributed by atoms with Crippen molar-refractivity contribution in [1.29, 1.82) is 0 Å². The van der Waals surface area contributed by atoms with Crippen molar-refractivity contribution in [2.75, 3.05) is 0 Å². The Kier molecular flexibility index (Phi) is 16.4. The number of halogens is 7. The van der Waals surface area contributed by atoms with Crippen LogP contribution in [-0.4, -0.2) is 35.7 Å². The first-order valence-electron chi connectivity index (χ1n) is 22.4. The van der Waals surface area contributed by atoms with Gasteiger partial charge in [-0.1, -0.05) is 84.9 Å². The van der Waals surface area contributed by atoms with Crippen LogP contribution in [0.15, 0.2) is 84.9 Å². The van der Waals surface area contributed by atoms with E-state index in [-0.39, 0.29) is 126 Å². The molecule has 7 nitrogen and oxygen atoms in total. The highest BCUT2D eigenvalue weighted by Crippen LogP contribution is 2.42. The number of benzene rings is 7. The van der Waals surface area contributed by atoms with E-state index in [2.05, 4.69) is 0 Å². The smallest absolute Gasteiger partial charge is 0.122 e. The van der Waals surface area contributed by atoms with Gasteiger partial charge >= 0.3 is 0 Å². The molecule has 0 amide bonds. The molecule has 7 aromatic rings. The first-order chi connectivity index (χ1) is 33.7. The molecule has 7 N–H and O–H groups in total. The van der Waals surface area contributed by atoms with E-state index in [9.17, 15) is 35.7 Å². The molecular formula is C56H49Cl7O7. The second kappa shape index (κ2) is 22.3. The molecule has 0 atom stereocenters. The van der Waals surface area contributed by atoms with Gasteiger partial charge in [0.1, 0.15) is 40.2 Å². The predicted molar refractivity (Wildman–Crippen MR) is 283 cm³/mol. The van der Waals surface area contributed by atoms with Crippen molar-refractivity contribution in [2.24, 2.45) is 0 Å². The van der Waals surface area contributed by atoms with Crippen molar-refractivity contribution in [2.45, 2.75) is 86.1 Å². The quantitative estimate of drug-likeness (QED) is 0.0788. The van der Waals surface area contributed by atoms with Crippen LogP contribution in [0.5, 0.6) is 40.2 Å². The summed E-state index contributed by atoms with van der Waals surface area (Å²) in [6.07, 6.45) is 0.560. The molecular weight excluding hydrogens is 1030 g/mol. The molecule has 0 spiro atoms. The maximum Gasteiger partial charge on any atom is 0.122 e. The van der Waals surface area contributed by atoms with Gasteiger partial charge in [0.25, 0.3) is 0 Å². The lowest BCUT2D eigenvalue weighted by molar-refractivity contribution is 0.451. The average Bonchev–Trinajstić information content (AvgIpc) is 3.36. The second-order valence-electron chi connectivity index (χ2n) is 18.0. The summed E-state index contributed by atoms with van der Waals surface area (Å²) in [6, 6.07) is 24.8. The van der Waals surface area contributed by atoms with Crippen LogP contribution in [0.25, 0.3) is 0 Å². The van der Waals surface area contributed by atoms with Crippen LogP contribution in [0.3, 0.4) is 0 Å². The van der Waals surface area contributed by atoms with E-state index in [1.54, 1.807) is 84.9 Å². The molecule has 0 heterocycles. The Labute approximate surface area is 442 Å². The van der Waals surface area contributed by atoms with Crippen LogP contribution < -0.4 is 0 Å². The third kappa shape index (κ3) is 11.0. The summed E-state index contributed by atoms with van der Waals surface area (Å²) in [4.78, 5) is 0. The number of phenolic OH excluding ortho intramolecular Hbond substituents is 7. The van der Waals surface area contributed by atoms with Gasteiger partial charge in [-0.2, -0.15) is 0 Å². The molecule has 0 aromatic heterocycles. The summed E-state index contributed by atoms with van der Waals surface area (Å²) < 4.78 is 0. The first kappa shape index (κ1) is 51.5. The normalized spacial score (nSPS) is 12.9. The van der Waals surface area contributed by atoms with Crippen LogP contribution in [0, 0.1) is 0 Å². The Bertz CT molecular complexity index is 2390. The van der Waals surface area contributed by atoms with Gasteiger partial charge in [0.15, 0.2) is 0 Å². The highest BCUT2D eigenvalue weighted by atomic mass is 35.5. The fourth-order valence-corrected chi connectivity index (χ4v) is 10.8. The zero-order chi connectivity index (χ0) is 50.0. The lowest BCUT2D eigenvalue weighted by atomic mass is 9.89. The van der Waals surface area contributed by atoms with Gasteiger partial charge in [-0.25, -0.2) is 0 Å².